The van der Waals surface area contributed by atoms with Gasteiger partial charge in [0, 0.05) is 23.3 Å². The molecular formula is C18H27N3. The summed E-state index contributed by atoms with van der Waals surface area (Å²) in [6, 6.07) is 10.8. The Labute approximate surface area is 128 Å². The minimum absolute atomic E-state index is 0.478. The second kappa shape index (κ2) is 7.99. The molecular weight excluding hydrogens is 258 g/mol. The summed E-state index contributed by atoms with van der Waals surface area (Å²) in [6.07, 6.45) is 4.30. The predicted molar refractivity (Wildman–Crippen MR) is 91.8 cm³/mol. The van der Waals surface area contributed by atoms with Crippen molar-refractivity contribution in [3.8, 4) is 0 Å². The fourth-order valence-corrected chi connectivity index (χ4v) is 2.72. The molecule has 3 heteroatoms. The Hall–Kier alpha value is -1.61. The number of benzene rings is 1. The standard InChI is InChI=1S/C18H27N3/c1-4-21(5-2)14-8-9-15(3)20-18-12-13-19-17-11-7-6-10-16(17)18/h6-7,10-13,15H,4-5,8-9,14H2,1-3H3,(H,19,20)/t15-/m0/s1. The van der Waals surface area contributed by atoms with Gasteiger partial charge < -0.3 is 10.2 Å². The van der Waals surface area contributed by atoms with E-state index in [1.54, 1.807) is 0 Å². The van der Waals surface area contributed by atoms with Crippen LogP contribution in [0, 0.1) is 0 Å². The molecule has 0 aliphatic heterocycles. The lowest BCUT2D eigenvalue weighted by molar-refractivity contribution is 0.295. The summed E-state index contributed by atoms with van der Waals surface area (Å²) in [5.41, 5.74) is 2.24. The summed E-state index contributed by atoms with van der Waals surface area (Å²) in [6.45, 7) is 10.2. The van der Waals surface area contributed by atoms with Crippen molar-refractivity contribution in [3.05, 3.63) is 36.5 Å². The first-order valence-corrected chi connectivity index (χ1v) is 8.07. The Kier molecular flexibility index (Phi) is 6.00. The molecule has 1 N–H and O–H groups in total. The average molecular weight is 285 g/mol. The number of anilines is 1. The number of hydrogen-bond donors (Lipinski definition) is 1. The van der Waals surface area contributed by atoms with Gasteiger partial charge in [-0.05, 0) is 51.5 Å². The monoisotopic (exact) mass is 285 g/mol. The van der Waals surface area contributed by atoms with Crippen molar-refractivity contribution < 1.29 is 0 Å². The van der Waals surface area contributed by atoms with Crippen LogP contribution in [0.15, 0.2) is 36.5 Å². The van der Waals surface area contributed by atoms with E-state index < -0.39 is 0 Å². The number of nitrogens with zero attached hydrogens (tertiary/aromatic N) is 2. The summed E-state index contributed by atoms with van der Waals surface area (Å²) in [5.74, 6) is 0. The number of aromatic nitrogens is 1. The Morgan fingerprint density at radius 2 is 1.90 bits per heavy atom. The Bertz CT molecular complexity index is 544. The summed E-state index contributed by atoms with van der Waals surface area (Å²) in [7, 11) is 0. The quantitative estimate of drug-likeness (QED) is 0.789. The van der Waals surface area contributed by atoms with Gasteiger partial charge in [-0.25, -0.2) is 0 Å². The van der Waals surface area contributed by atoms with Gasteiger partial charge in [0.15, 0.2) is 0 Å². The molecule has 0 bridgehead atoms. The van der Waals surface area contributed by atoms with Gasteiger partial charge in [-0.1, -0.05) is 32.0 Å². The Balaban J connectivity index is 1.91. The first kappa shape index (κ1) is 15.8. The van der Waals surface area contributed by atoms with E-state index >= 15 is 0 Å². The molecule has 1 aromatic carbocycles. The van der Waals surface area contributed by atoms with Crippen LogP contribution in [0.3, 0.4) is 0 Å². The van der Waals surface area contributed by atoms with E-state index in [1.165, 1.54) is 30.5 Å². The van der Waals surface area contributed by atoms with Gasteiger partial charge >= 0.3 is 0 Å². The van der Waals surface area contributed by atoms with Gasteiger partial charge in [-0.3, -0.25) is 4.98 Å². The van der Waals surface area contributed by atoms with E-state index in [1.807, 2.05) is 12.3 Å². The van der Waals surface area contributed by atoms with Gasteiger partial charge in [-0.15, -0.1) is 0 Å². The highest BCUT2D eigenvalue weighted by molar-refractivity contribution is 5.90. The molecule has 3 nitrogen and oxygen atoms in total. The lowest BCUT2D eigenvalue weighted by Crippen LogP contribution is -2.25. The highest BCUT2D eigenvalue weighted by Gasteiger charge is 2.06. The minimum Gasteiger partial charge on any atom is -0.382 e. The van der Waals surface area contributed by atoms with Crippen molar-refractivity contribution in [1.29, 1.82) is 0 Å². The van der Waals surface area contributed by atoms with Gasteiger partial charge in [-0.2, -0.15) is 0 Å². The van der Waals surface area contributed by atoms with Crippen LogP contribution in [0.25, 0.3) is 10.9 Å². The van der Waals surface area contributed by atoms with E-state index in [0.29, 0.717) is 6.04 Å². The summed E-state index contributed by atoms with van der Waals surface area (Å²) in [5, 5.41) is 4.84. The third-order valence-electron chi connectivity index (χ3n) is 4.06. The summed E-state index contributed by atoms with van der Waals surface area (Å²) < 4.78 is 0. The zero-order valence-electron chi connectivity index (χ0n) is 13.5. The normalized spacial score (nSPS) is 12.8. The maximum atomic E-state index is 4.41. The maximum Gasteiger partial charge on any atom is 0.0722 e. The molecule has 2 aromatic rings. The number of rotatable bonds is 8. The third-order valence-corrected chi connectivity index (χ3v) is 4.06. The molecule has 0 saturated carbocycles. The topological polar surface area (TPSA) is 28.2 Å². The van der Waals surface area contributed by atoms with Crippen molar-refractivity contribution in [2.75, 3.05) is 25.0 Å². The van der Waals surface area contributed by atoms with E-state index in [9.17, 15) is 0 Å². The van der Waals surface area contributed by atoms with Gasteiger partial charge in [0.2, 0.25) is 0 Å². The number of para-hydroxylation sites is 1. The van der Waals surface area contributed by atoms with Crippen LogP contribution < -0.4 is 5.32 Å². The lowest BCUT2D eigenvalue weighted by Gasteiger charge is -2.20. The highest BCUT2D eigenvalue weighted by atomic mass is 15.1. The van der Waals surface area contributed by atoms with E-state index in [2.05, 4.69) is 60.2 Å². The fourth-order valence-electron chi connectivity index (χ4n) is 2.72. The first-order chi connectivity index (χ1) is 10.2. The molecule has 0 radical (unpaired) electrons. The average Bonchev–Trinajstić information content (AvgIpc) is 2.52. The SMILES string of the molecule is CCN(CC)CCC[C@H](C)Nc1ccnc2ccccc12. The molecule has 1 heterocycles. The second-order valence-electron chi connectivity index (χ2n) is 5.59. The molecule has 0 fully saturated rings. The van der Waals surface area contributed by atoms with Crippen LogP contribution in [0.5, 0.6) is 0 Å². The van der Waals surface area contributed by atoms with Gasteiger partial charge in [0.05, 0.1) is 5.52 Å². The molecule has 0 unspecified atom stereocenters. The van der Waals surface area contributed by atoms with Crippen LogP contribution in [-0.2, 0) is 0 Å². The second-order valence-corrected chi connectivity index (χ2v) is 5.59. The predicted octanol–water partition coefficient (Wildman–Crippen LogP) is 4.16. The molecule has 0 aliphatic carbocycles. The first-order valence-electron chi connectivity index (χ1n) is 8.07. The molecule has 21 heavy (non-hydrogen) atoms. The fraction of sp³-hybridized carbons (Fsp3) is 0.500. The number of nitrogens with one attached hydrogen (secondary N) is 1. The maximum absolute atomic E-state index is 4.41. The van der Waals surface area contributed by atoms with Crippen LogP contribution in [0.2, 0.25) is 0 Å². The number of fused-ring (bicyclic) bond motifs is 1. The Morgan fingerprint density at radius 1 is 1.14 bits per heavy atom. The Morgan fingerprint density at radius 3 is 2.67 bits per heavy atom. The van der Waals surface area contributed by atoms with Crippen molar-refractivity contribution in [2.45, 2.75) is 39.7 Å². The van der Waals surface area contributed by atoms with Crippen molar-refractivity contribution >= 4 is 16.6 Å². The van der Waals surface area contributed by atoms with Crippen LogP contribution >= 0.6 is 0 Å². The van der Waals surface area contributed by atoms with Crippen molar-refractivity contribution in [1.82, 2.24) is 9.88 Å². The molecule has 0 amide bonds. The molecule has 0 spiro atoms. The van der Waals surface area contributed by atoms with E-state index in [4.69, 9.17) is 0 Å². The summed E-state index contributed by atoms with van der Waals surface area (Å²) >= 11 is 0. The van der Waals surface area contributed by atoms with Crippen LogP contribution in [0.1, 0.15) is 33.6 Å². The number of pyridine rings is 1. The zero-order chi connectivity index (χ0) is 15.1. The van der Waals surface area contributed by atoms with Gasteiger partial charge in [0.1, 0.15) is 0 Å². The third kappa shape index (κ3) is 4.43. The van der Waals surface area contributed by atoms with E-state index in [-0.39, 0.29) is 0 Å². The molecule has 2 rings (SSSR count). The van der Waals surface area contributed by atoms with Crippen molar-refractivity contribution in [3.63, 3.8) is 0 Å². The molecule has 0 aliphatic rings. The van der Waals surface area contributed by atoms with Crippen molar-refractivity contribution in [2.24, 2.45) is 0 Å². The number of hydrogen-bond acceptors (Lipinski definition) is 3. The summed E-state index contributed by atoms with van der Waals surface area (Å²) in [4.78, 5) is 6.89. The van der Waals surface area contributed by atoms with E-state index in [0.717, 1.165) is 18.6 Å². The molecule has 0 saturated heterocycles. The lowest BCUT2D eigenvalue weighted by atomic mass is 10.1. The zero-order valence-corrected chi connectivity index (χ0v) is 13.5. The molecule has 114 valence electrons. The smallest absolute Gasteiger partial charge is 0.0722 e. The largest absolute Gasteiger partial charge is 0.382 e. The molecule has 1 aromatic heterocycles. The minimum atomic E-state index is 0.478. The van der Waals surface area contributed by atoms with Crippen LogP contribution in [0.4, 0.5) is 5.69 Å². The highest BCUT2D eigenvalue weighted by Crippen LogP contribution is 2.22. The molecule has 1 atom stereocenters. The van der Waals surface area contributed by atoms with Crippen LogP contribution in [-0.4, -0.2) is 35.6 Å². The van der Waals surface area contributed by atoms with Gasteiger partial charge in [0.25, 0.3) is 0 Å².